The van der Waals surface area contributed by atoms with Crippen LogP contribution in [0, 0.1) is 6.92 Å². The Kier molecular flexibility index (Phi) is 5.89. The summed E-state index contributed by atoms with van der Waals surface area (Å²) in [5, 5.41) is 0. The molecule has 0 spiro atoms. The molecular weight excluding hydrogens is 321 g/mol. The molecule has 1 fully saturated rings. The number of halogens is 3. The number of aryl methyl sites for hydroxylation is 1. The third-order valence-electron chi connectivity index (χ3n) is 4.14. The van der Waals surface area contributed by atoms with Crippen LogP contribution in [0.3, 0.4) is 0 Å². The van der Waals surface area contributed by atoms with Crippen molar-refractivity contribution >= 4 is 17.2 Å². The first kappa shape index (κ1) is 18.0. The van der Waals surface area contributed by atoms with Crippen molar-refractivity contribution in [1.82, 2.24) is 4.90 Å². The van der Waals surface area contributed by atoms with E-state index in [1.807, 2.05) is 27.0 Å². The molecule has 1 saturated carbocycles. The number of allylic oxidation sites excluding steroid dienone is 1. The normalized spacial score (nSPS) is 17.4. The highest BCUT2D eigenvalue weighted by atomic mass is 32.1. The van der Waals surface area contributed by atoms with Crippen molar-refractivity contribution in [3.8, 4) is 0 Å². The van der Waals surface area contributed by atoms with E-state index in [9.17, 15) is 13.2 Å². The fraction of sp³-hybridized carbons (Fsp3) is 0.588. The van der Waals surface area contributed by atoms with E-state index < -0.39 is 12.6 Å². The van der Waals surface area contributed by atoms with Crippen molar-refractivity contribution < 1.29 is 13.2 Å². The van der Waals surface area contributed by atoms with E-state index >= 15 is 0 Å². The predicted octanol–water partition coefficient (Wildman–Crippen LogP) is 5.32. The molecule has 1 aliphatic rings. The molecule has 0 radical (unpaired) electrons. The van der Waals surface area contributed by atoms with Crippen LogP contribution in [0.15, 0.2) is 23.3 Å². The summed E-state index contributed by atoms with van der Waals surface area (Å²) in [5.41, 5.74) is 0.821. The van der Waals surface area contributed by atoms with Gasteiger partial charge in [0.15, 0.2) is 0 Å². The van der Waals surface area contributed by atoms with Crippen LogP contribution in [-0.2, 0) is 6.42 Å². The Morgan fingerprint density at radius 3 is 2.61 bits per heavy atom. The smallest absolute Gasteiger partial charge is 0.356 e. The molecule has 1 heterocycles. The minimum Gasteiger partial charge on any atom is -0.356 e. The van der Waals surface area contributed by atoms with Gasteiger partial charge < -0.3 is 4.90 Å². The first-order valence-corrected chi connectivity index (χ1v) is 8.71. The standard InChI is InChI=1S/C17H23F3N2S/c1-4-9-21-16(22(3)13-7-5-6-8-13)15-10-14(23-12(15)2)11-17(18,19)20/h4,9-10,13H,5-8,11H2,1-3H3/b9-4+,21-16?. The molecule has 23 heavy (non-hydrogen) atoms. The minimum absolute atomic E-state index is 0.345. The Morgan fingerprint density at radius 2 is 2.04 bits per heavy atom. The number of alkyl halides is 3. The molecule has 2 nitrogen and oxygen atoms in total. The lowest BCUT2D eigenvalue weighted by Crippen LogP contribution is -2.35. The van der Waals surface area contributed by atoms with Crippen molar-refractivity contribution in [3.63, 3.8) is 0 Å². The molecule has 0 amide bonds. The highest BCUT2D eigenvalue weighted by molar-refractivity contribution is 7.12. The molecule has 1 aromatic rings. The van der Waals surface area contributed by atoms with Crippen LogP contribution in [0.25, 0.3) is 0 Å². The van der Waals surface area contributed by atoms with Crippen LogP contribution >= 0.6 is 11.3 Å². The second kappa shape index (κ2) is 7.51. The highest BCUT2D eigenvalue weighted by Gasteiger charge is 2.30. The third-order valence-corrected chi connectivity index (χ3v) is 5.19. The van der Waals surface area contributed by atoms with Crippen LogP contribution in [0.2, 0.25) is 0 Å². The van der Waals surface area contributed by atoms with Crippen molar-refractivity contribution in [2.24, 2.45) is 4.99 Å². The van der Waals surface area contributed by atoms with Gasteiger partial charge in [0.25, 0.3) is 0 Å². The molecule has 1 aliphatic carbocycles. The van der Waals surface area contributed by atoms with E-state index in [2.05, 4.69) is 9.89 Å². The number of thiophene rings is 1. The van der Waals surface area contributed by atoms with Gasteiger partial charge in [0.2, 0.25) is 0 Å². The van der Waals surface area contributed by atoms with Crippen LogP contribution in [-0.4, -0.2) is 30.0 Å². The molecule has 0 unspecified atom stereocenters. The zero-order chi connectivity index (χ0) is 17.0. The highest BCUT2D eigenvalue weighted by Crippen LogP contribution is 2.31. The topological polar surface area (TPSA) is 15.6 Å². The van der Waals surface area contributed by atoms with Gasteiger partial charge in [-0.05, 0) is 32.8 Å². The molecule has 6 heteroatoms. The van der Waals surface area contributed by atoms with Crippen molar-refractivity contribution in [2.75, 3.05) is 7.05 Å². The summed E-state index contributed by atoms with van der Waals surface area (Å²) in [6, 6.07) is 2.07. The molecule has 0 bridgehead atoms. The molecule has 0 saturated heterocycles. The van der Waals surface area contributed by atoms with E-state index in [4.69, 9.17) is 0 Å². The number of hydrogen-bond acceptors (Lipinski definition) is 2. The third kappa shape index (κ3) is 4.83. The van der Waals surface area contributed by atoms with Crippen molar-refractivity contribution in [2.45, 2.75) is 58.2 Å². The summed E-state index contributed by atoms with van der Waals surface area (Å²) in [6.45, 7) is 3.75. The van der Waals surface area contributed by atoms with Crippen LogP contribution in [0.4, 0.5) is 13.2 Å². The maximum absolute atomic E-state index is 12.6. The summed E-state index contributed by atoms with van der Waals surface area (Å²) in [5.74, 6) is 0.775. The number of amidine groups is 1. The summed E-state index contributed by atoms with van der Waals surface area (Å²) in [6.07, 6.45) is 3.13. The molecule has 0 N–H and O–H groups in total. The van der Waals surface area contributed by atoms with Gasteiger partial charge in [-0.3, -0.25) is 0 Å². The molecule has 0 aromatic carbocycles. The van der Waals surface area contributed by atoms with Crippen LogP contribution < -0.4 is 0 Å². The Balaban J connectivity index is 2.32. The van der Waals surface area contributed by atoms with E-state index in [-0.39, 0.29) is 0 Å². The lowest BCUT2D eigenvalue weighted by atomic mass is 10.1. The fourth-order valence-corrected chi connectivity index (χ4v) is 4.08. The first-order chi connectivity index (χ1) is 10.8. The molecule has 0 atom stereocenters. The van der Waals surface area contributed by atoms with E-state index in [0.29, 0.717) is 10.9 Å². The van der Waals surface area contributed by atoms with E-state index in [1.54, 1.807) is 12.3 Å². The van der Waals surface area contributed by atoms with Gasteiger partial charge >= 0.3 is 6.18 Å². The maximum Gasteiger partial charge on any atom is 0.393 e. The van der Waals surface area contributed by atoms with Gasteiger partial charge in [-0.1, -0.05) is 18.9 Å². The zero-order valence-electron chi connectivity index (χ0n) is 13.8. The Hall–Kier alpha value is -1.30. The van der Waals surface area contributed by atoms with Gasteiger partial charge in [-0.15, -0.1) is 11.3 Å². The van der Waals surface area contributed by atoms with Gasteiger partial charge in [0.05, 0.1) is 6.42 Å². The average molecular weight is 344 g/mol. The summed E-state index contributed by atoms with van der Waals surface area (Å²) in [7, 11) is 2.00. The lowest BCUT2D eigenvalue weighted by Gasteiger charge is -2.27. The molecular formula is C17H23F3N2S. The summed E-state index contributed by atoms with van der Waals surface area (Å²) >= 11 is 1.21. The van der Waals surface area contributed by atoms with E-state index in [1.165, 1.54) is 24.2 Å². The fourth-order valence-electron chi connectivity index (χ4n) is 3.01. The predicted molar refractivity (Wildman–Crippen MR) is 90.2 cm³/mol. The van der Waals surface area contributed by atoms with Crippen molar-refractivity contribution in [3.05, 3.63) is 33.7 Å². The van der Waals surface area contributed by atoms with Crippen LogP contribution in [0.1, 0.15) is 47.9 Å². The molecule has 2 rings (SSSR count). The number of nitrogens with zero attached hydrogens (tertiary/aromatic N) is 2. The van der Waals surface area contributed by atoms with Gasteiger partial charge in [0.1, 0.15) is 5.84 Å². The first-order valence-electron chi connectivity index (χ1n) is 7.90. The Bertz CT molecular complexity index is 581. The average Bonchev–Trinajstić information content (AvgIpc) is 3.08. The second-order valence-electron chi connectivity index (χ2n) is 5.96. The second-order valence-corrected chi connectivity index (χ2v) is 7.30. The maximum atomic E-state index is 12.6. The Labute approximate surface area is 139 Å². The van der Waals surface area contributed by atoms with Gasteiger partial charge in [-0.25, -0.2) is 4.99 Å². The summed E-state index contributed by atoms with van der Waals surface area (Å²) < 4.78 is 37.9. The molecule has 1 aromatic heterocycles. The zero-order valence-corrected chi connectivity index (χ0v) is 14.6. The van der Waals surface area contributed by atoms with Gasteiger partial charge in [-0.2, -0.15) is 13.2 Å². The monoisotopic (exact) mass is 344 g/mol. The number of aliphatic imine (C=N–C) groups is 1. The largest absolute Gasteiger partial charge is 0.393 e. The number of hydrogen-bond donors (Lipinski definition) is 0. The van der Waals surface area contributed by atoms with Crippen molar-refractivity contribution in [1.29, 1.82) is 0 Å². The molecule has 0 aliphatic heterocycles. The van der Waals surface area contributed by atoms with Crippen LogP contribution in [0.5, 0.6) is 0 Å². The lowest BCUT2D eigenvalue weighted by molar-refractivity contribution is -0.126. The number of rotatable bonds is 4. The minimum atomic E-state index is -4.17. The van der Waals surface area contributed by atoms with E-state index in [0.717, 1.165) is 29.1 Å². The molecule has 128 valence electrons. The Morgan fingerprint density at radius 1 is 1.39 bits per heavy atom. The SMILES string of the molecule is C/C=C/N=C(c1cc(CC(F)(F)F)sc1C)N(C)C1CCCC1. The summed E-state index contributed by atoms with van der Waals surface area (Å²) in [4.78, 5) is 7.89. The van der Waals surface area contributed by atoms with Gasteiger partial charge in [0, 0.05) is 34.6 Å². The quantitative estimate of drug-likeness (QED) is 0.533.